The van der Waals surface area contributed by atoms with Crippen LogP contribution in [0.3, 0.4) is 0 Å². The van der Waals surface area contributed by atoms with E-state index in [9.17, 15) is 14.0 Å². The summed E-state index contributed by atoms with van der Waals surface area (Å²) in [7, 11) is 1.60. The number of hydrogen-bond donors (Lipinski definition) is 1. The first-order valence-electron chi connectivity index (χ1n) is 11.4. The Balaban J connectivity index is 1.32. The summed E-state index contributed by atoms with van der Waals surface area (Å²) in [5, 5.41) is 2.98. The summed E-state index contributed by atoms with van der Waals surface area (Å²) < 4.78 is 18.9. The highest BCUT2D eigenvalue weighted by Crippen LogP contribution is 2.21. The Morgan fingerprint density at radius 2 is 1.87 bits per heavy atom. The lowest BCUT2D eigenvalue weighted by Gasteiger charge is -2.34. The van der Waals surface area contributed by atoms with Gasteiger partial charge in [0, 0.05) is 64.3 Å². The van der Waals surface area contributed by atoms with E-state index in [1.165, 1.54) is 12.1 Å². The fourth-order valence-corrected chi connectivity index (χ4v) is 4.25. The zero-order valence-electron chi connectivity index (χ0n) is 18.6. The van der Waals surface area contributed by atoms with Gasteiger partial charge < -0.3 is 15.0 Å². The number of likely N-dealkylation sites (tertiary alicyclic amines) is 1. The maximum absolute atomic E-state index is 13.6. The molecule has 3 rings (SSSR count). The molecule has 0 aliphatic carbocycles. The van der Waals surface area contributed by atoms with Gasteiger partial charge in [-0.05, 0) is 37.5 Å². The number of nitrogens with zero attached hydrogens (tertiary/aromatic N) is 3. The molecule has 31 heavy (non-hydrogen) atoms. The molecule has 2 aliphatic rings. The molecule has 0 aromatic heterocycles. The van der Waals surface area contributed by atoms with Crippen LogP contribution in [0.15, 0.2) is 18.2 Å². The van der Waals surface area contributed by atoms with E-state index in [1.54, 1.807) is 13.2 Å². The van der Waals surface area contributed by atoms with Gasteiger partial charge in [-0.3, -0.25) is 19.4 Å². The molecular weight excluding hydrogens is 399 g/mol. The molecule has 1 aromatic rings. The minimum absolute atomic E-state index is 0.0300. The van der Waals surface area contributed by atoms with Crippen molar-refractivity contribution in [3.05, 3.63) is 29.6 Å². The molecule has 2 heterocycles. The van der Waals surface area contributed by atoms with Gasteiger partial charge in [-0.1, -0.05) is 6.42 Å². The van der Waals surface area contributed by atoms with Gasteiger partial charge in [0.25, 0.3) is 0 Å². The summed E-state index contributed by atoms with van der Waals surface area (Å²) in [5.74, 6) is 0.719. The first kappa shape index (κ1) is 23.5. The standard InChI is InChI=1S/C23H35FN4O3/c1-31-21-8-7-20(24)16-19(21)17-26-12-14-27(15-13-26)18-22(29)25-9-5-11-28-10-4-2-3-6-23(28)30/h7-8,16H,2-6,9-15,17-18H2,1H3,(H,25,29). The van der Waals surface area contributed by atoms with Gasteiger partial charge in [0.1, 0.15) is 11.6 Å². The smallest absolute Gasteiger partial charge is 0.234 e. The topological polar surface area (TPSA) is 65.1 Å². The third-order valence-electron chi connectivity index (χ3n) is 6.07. The zero-order valence-corrected chi connectivity index (χ0v) is 18.6. The number of benzene rings is 1. The quantitative estimate of drug-likeness (QED) is 0.601. The van der Waals surface area contributed by atoms with Crippen LogP contribution in [0.2, 0.25) is 0 Å². The van der Waals surface area contributed by atoms with Crippen LogP contribution in [0, 0.1) is 5.82 Å². The van der Waals surface area contributed by atoms with Crippen molar-refractivity contribution in [1.29, 1.82) is 0 Å². The van der Waals surface area contributed by atoms with E-state index in [1.807, 2.05) is 4.90 Å². The second kappa shape index (κ2) is 12.0. The van der Waals surface area contributed by atoms with Gasteiger partial charge in [-0.15, -0.1) is 0 Å². The second-order valence-corrected chi connectivity index (χ2v) is 8.40. The Kier molecular flexibility index (Phi) is 9.09. The van der Waals surface area contributed by atoms with Crippen LogP contribution >= 0.6 is 0 Å². The summed E-state index contributed by atoms with van der Waals surface area (Å²) >= 11 is 0. The SMILES string of the molecule is COc1ccc(F)cc1CN1CCN(CC(=O)NCCCN2CCCCCC2=O)CC1. The number of methoxy groups -OCH3 is 1. The number of carbonyl (C=O) groups excluding carboxylic acids is 2. The molecule has 0 radical (unpaired) electrons. The lowest BCUT2D eigenvalue weighted by atomic mass is 10.1. The molecule has 172 valence electrons. The first-order chi connectivity index (χ1) is 15.0. The largest absolute Gasteiger partial charge is 0.496 e. The number of hydrogen-bond acceptors (Lipinski definition) is 5. The van der Waals surface area contributed by atoms with E-state index in [4.69, 9.17) is 4.74 Å². The maximum Gasteiger partial charge on any atom is 0.234 e. The van der Waals surface area contributed by atoms with E-state index in [-0.39, 0.29) is 17.6 Å². The van der Waals surface area contributed by atoms with Gasteiger partial charge in [-0.2, -0.15) is 0 Å². The average molecular weight is 435 g/mol. The predicted molar refractivity (Wildman–Crippen MR) is 117 cm³/mol. The van der Waals surface area contributed by atoms with Gasteiger partial charge in [0.2, 0.25) is 11.8 Å². The lowest BCUT2D eigenvalue weighted by Crippen LogP contribution is -2.49. The monoisotopic (exact) mass is 434 g/mol. The van der Waals surface area contributed by atoms with Crippen molar-refractivity contribution in [2.75, 3.05) is 59.5 Å². The Morgan fingerprint density at radius 1 is 1.10 bits per heavy atom. The predicted octanol–water partition coefficient (Wildman–Crippen LogP) is 1.86. The van der Waals surface area contributed by atoms with Crippen LogP contribution in [0.4, 0.5) is 4.39 Å². The molecule has 2 saturated heterocycles. The molecule has 8 heteroatoms. The number of ether oxygens (including phenoxy) is 1. The Hall–Kier alpha value is -2.19. The molecule has 0 saturated carbocycles. The molecule has 0 atom stereocenters. The molecule has 2 aliphatic heterocycles. The Bertz CT molecular complexity index is 738. The molecule has 2 fully saturated rings. The van der Waals surface area contributed by atoms with Crippen LogP contribution in [-0.2, 0) is 16.1 Å². The van der Waals surface area contributed by atoms with Gasteiger partial charge in [-0.25, -0.2) is 4.39 Å². The molecular formula is C23H35FN4O3. The third-order valence-corrected chi connectivity index (χ3v) is 6.07. The van der Waals surface area contributed by atoms with Crippen molar-refractivity contribution in [3.8, 4) is 5.75 Å². The Labute approximate surface area is 184 Å². The molecule has 1 N–H and O–H groups in total. The van der Waals surface area contributed by atoms with E-state index in [0.717, 1.165) is 70.5 Å². The van der Waals surface area contributed by atoms with Crippen LogP contribution in [-0.4, -0.2) is 86.0 Å². The fraction of sp³-hybridized carbons (Fsp3) is 0.652. The average Bonchev–Trinajstić information content (AvgIpc) is 2.97. The second-order valence-electron chi connectivity index (χ2n) is 8.40. The normalized spacial score (nSPS) is 18.6. The molecule has 2 amide bonds. The van der Waals surface area contributed by atoms with Gasteiger partial charge in [0.15, 0.2) is 0 Å². The van der Waals surface area contributed by atoms with Crippen molar-refractivity contribution in [1.82, 2.24) is 20.0 Å². The van der Waals surface area contributed by atoms with Crippen LogP contribution < -0.4 is 10.1 Å². The molecule has 0 spiro atoms. The van der Waals surface area contributed by atoms with Crippen molar-refractivity contribution >= 4 is 11.8 Å². The summed E-state index contributed by atoms with van der Waals surface area (Å²) in [5.41, 5.74) is 0.844. The van der Waals surface area contributed by atoms with Crippen LogP contribution in [0.25, 0.3) is 0 Å². The van der Waals surface area contributed by atoms with Crippen molar-refractivity contribution in [3.63, 3.8) is 0 Å². The molecule has 0 unspecified atom stereocenters. The third kappa shape index (κ3) is 7.47. The van der Waals surface area contributed by atoms with E-state index in [2.05, 4.69) is 15.1 Å². The number of nitrogens with one attached hydrogen (secondary N) is 1. The number of amides is 2. The highest BCUT2D eigenvalue weighted by molar-refractivity contribution is 5.78. The van der Waals surface area contributed by atoms with Crippen molar-refractivity contribution < 1.29 is 18.7 Å². The zero-order chi connectivity index (χ0) is 22.1. The number of halogens is 1. The van der Waals surface area contributed by atoms with Gasteiger partial charge >= 0.3 is 0 Å². The number of piperazine rings is 1. The summed E-state index contributed by atoms with van der Waals surface area (Å²) in [6.45, 7) is 6.44. The van der Waals surface area contributed by atoms with Crippen LogP contribution in [0.1, 0.15) is 37.7 Å². The van der Waals surface area contributed by atoms with E-state index >= 15 is 0 Å². The molecule has 1 aromatic carbocycles. The van der Waals surface area contributed by atoms with E-state index in [0.29, 0.717) is 31.8 Å². The Morgan fingerprint density at radius 3 is 2.65 bits per heavy atom. The first-order valence-corrected chi connectivity index (χ1v) is 11.4. The van der Waals surface area contributed by atoms with Gasteiger partial charge in [0.05, 0.1) is 13.7 Å². The molecule has 0 bridgehead atoms. The highest BCUT2D eigenvalue weighted by Gasteiger charge is 2.20. The number of rotatable bonds is 9. The molecule has 7 nitrogen and oxygen atoms in total. The maximum atomic E-state index is 13.6. The lowest BCUT2D eigenvalue weighted by molar-refractivity contribution is -0.130. The number of carbonyl (C=O) groups is 2. The fourth-order valence-electron chi connectivity index (χ4n) is 4.25. The van der Waals surface area contributed by atoms with Crippen molar-refractivity contribution in [2.24, 2.45) is 0 Å². The summed E-state index contributed by atoms with van der Waals surface area (Å²) in [6.07, 6.45) is 4.65. The summed E-state index contributed by atoms with van der Waals surface area (Å²) in [6, 6.07) is 4.59. The van der Waals surface area contributed by atoms with E-state index < -0.39 is 0 Å². The minimum Gasteiger partial charge on any atom is -0.496 e. The minimum atomic E-state index is -0.258. The van der Waals surface area contributed by atoms with Crippen molar-refractivity contribution in [2.45, 2.75) is 38.6 Å². The summed E-state index contributed by atoms with van der Waals surface area (Å²) in [4.78, 5) is 30.6. The highest BCUT2D eigenvalue weighted by atomic mass is 19.1. The van der Waals surface area contributed by atoms with Crippen LogP contribution in [0.5, 0.6) is 5.75 Å².